The zero-order chi connectivity index (χ0) is 25.5. The van der Waals surface area contributed by atoms with Crippen molar-refractivity contribution in [2.24, 2.45) is 11.8 Å². The Bertz CT molecular complexity index is 1110. The van der Waals surface area contributed by atoms with Gasteiger partial charge in [0.25, 0.3) is 0 Å². The minimum absolute atomic E-state index is 0.219. The quantitative estimate of drug-likeness (QED) is 0.481. The number of rotatable bonds is 9. The molecule has 3 heterocycles. The van der Waals surface area contributed by atoms with Crippen molar-refractivity contribution in [2.45, 2.75) is 32.4 Å². The van der Waals surface area contributed by atoms with E-state index in [2.05, 4.69) is 68.8 Å². The molecule has 0 radical (unpaired) electrons. The summed E-state index contributed by atoms with van der Waals surface area (Å²) in [6, 6.07) is 22.9. The van der Waals surface area contributed by atoms with Crippen molar-refractivity contribution in [3.05, 3.63) is 83.7 Å². The molecule has 2 aromatic carbocycles. The van der Waals surface area contributed by atoms with Gasteiger partial charge in [-0.25, -0.2) is 0 Å². The number of amides is 1. The van der Waals surface area contributed by atoms with Gasteiger partial charge in [-0.1, -0.05) is 53.7 Å². The average molecular weight is 502 g/mol. The molecule has 1 N–H and O–H groups in total. The van der Waals surface area contributed by atoms with Crippen LogP contribution in [-0.2, 0) is 24.3 Å². The topological polar surface area (TPSA) is 64.9 Å². The molecule has 5 rings (SSSR count). The van der Waals surface area contributed by atoms with Gasteiger partial charge in [-0.3, -0.25) is 9.69 Å². The Morgan fingerprint density at radius 2 is 1.76 bits per heavy atom. The maximum Gasteiger partial charge on any atom is 0.222 e. The highest BCUT2D eigenvalue weighted by Crippen LogP contribution is 2.27. The first-order valence-electron chi connectivity index (χ1n) is 13.6. The first-order valence-corrected chi connectivity index (χ1v) is 13.6. The fourth-order valence-electron chi connectivity index (χ4n) is 5.63. The van der Waals surface area contributed by atoms with Crippen LogP contribution in [0.15, 0.2) is 71.3 Å². The van der Waals surface area contributed by atoms with Gasteiger partial charge in [0.15, 0.2) is 5.76 Å². The van der Waals surface area contributed by atoms with E-state index >= 15 is 0 Å². The highest BCUT2D eigenvalue weighted by molar-refractivity contribution is 5.76. The summed E-state index contributed by atoms with van der Waals surface area (Å²) in [5, 5.41) is 7.93. The predicted octanol–water partition coefficient (Wildman–Crippen LogP) is 3.81. The van der Waals surface area contributed by atoms with Crippen molar-refractivity contribution in [2.75, 3.05) is 51.2 Å². The van der Waals surface area contributed by atoms with Crippen molar-refractivity contribution in [3.63, 3.8) is 0 Å². The van der Waals surface area contributed by atoms with Crippen LogP contribution in [0.5, 0.6) is 0 Å². The number of hydrogen-bond acceptors (Lipinski definition) is 6. The van der Waals surface area contributed by atoms with E-state index in [0.717, 1.165) is 75.7 Å². The number of nitrogens with one attached hydrogen (secondary N) is 1. The molecule has 2 atom stereocenters. The molecule has 2 saturated heterocycles. The van der Waals surface area contributed by atoms with Crippen molar-refractivity contribution in [1.82, 2.24) is 20.3 Å². The summed E-state index contributed by atoms with van der Waals surface area (Å²) in [7, 11) is 1.91. The minimum atomic E-state index is 0.219. The number of anilines is 1. The van der Waals surface area contributed by atoms with E-state index in [1.807, 2.05) is 30.1 Å². The molecule has 2 aliphatic rings. The molecule has 2 aliphatic heterocycles. The number of para-hydroxylation sites is 1. The van der Waals surface area contributed by atoms with Gasteiger partial charge in [0.2, 0.25) is 5.91 Å². The Balaban J connectivity index is 1.11. The Morgan fingerprint density at radius 3 is 2.51 bits per heavy atom. The molecule has 7 nitrogen and oxygen atoms in total. The number of benzene rings is 2. The van der Waals surface area contributed by atoms with E-state index in [1.165, 1.54) is 5.69 Å². The molecule has 0 bridgehead atoms. The Hall–Kier alpha value is -3.16. The summed E-state index contributed by atoms with van der Waals surface area (Å²) < 4.78 is 5.74. The first kappa shape index (κ1) is 25.5. The third-order valence-electron chi connectivity index (χ3n) is 7.84. The summed E-state index contributed by atoms with van der Waals surface area (Å²) in [6.45, 7) is 7.41. The normalized spacial score (nSPS) is 20.6. The summed E-state index contributed by atoms with van der Waals surface area (Å²) in [4.78, 5) is 19.8. The van der Waals surface area contributed by atoms with E-state index in [0.29, 0.717) is 24.8 Å². The summed E-state index contributed by atoms with van der Waals surface area (Å²) >= 11 is 0. The second-order valence-corrected chi connectivity index (χ2v) is 10.5. The third kappa shape index (κ3) is 6.99. The summed E-state index contributed by atoms with van der Waals surface area (Å²) in [6.07, 6.45) is 2.46. The molecular weight excluding hydrogens is 462 g/mol. The van der Waals surface area contributed by atoms with E-state index in [-0.39, 0.29) is 5.91 Å². The van der Waals surface area contributed by atoms with Crippen LogP contribution in [0, 0.1) is 11.8 Å². The van der Waals surface area contributed by atoms with Gasteiger partial charge in [0, 0.05) is 57.9 Å². The lowest BCUT2D eigenvalue weighted by Gasteiger charge is -2.35. The molecule has 0 aliphatic carbocycles. The average Bonchev–Trinajstić information content (AvgIpc) is 3.38. The van der Waals surface area contributed by atoms with Gasteiger partial charge in [-0.2, -0.15) is 0 Å². The van der Waals surface area contributed by atoms with E-state index in [9.17, 15) is 4.79 Å². The minimum Gasteiger partial charge on any atom is -0.369 e. The number of carbonyl (C=O) groups is 1. The van der Waals surface area contributed by atoms with Crippen LogP contribution in [0.2, 0.25) is 0 Å². The lowest BCUT2D eigenvalue weighted by molar-refractivity contribution is -0.132. The fraction of sp³-hybridized carbons (Fsp3) is 0.467. The molecule has 3 aromatic rings. The van der Waals surface area contributed by atoms with Gasteiger partial charge >= 0.3 is 0 Å². The third-order valence-corrected chi connectivity index (χ3v) is 7.84. The number of carbonyl (C=O) groups excluding carboxylic acids is 1. The standard InChI is InChI=1S/C30H39N5O2/c1-33(22-24-8-4-2-5-9-24)30(36)19-25-12-13-31-21-26(25)18-27-20-29(37-32-27)23-34-14-16-35(17-15-34)28-10-6-3-7-11-28/h2-11,20,25-26,31H,12-19,21-23H2,1H3. The van der Waals surface area contributed by atoms with Crippen molar-refractivity contribution in [3.8, 4) is 0 Å². The van der Waals surface area contributed by atoms with Crippen LogP contribution in [-0.4, -0.2) is 67.2 Å². The number of piperazine rings is 1. The summed E-state index contributed by atoms with van der Waals surface area (Å²) in [5.41, 5.74) is 3.46. The number of aromatic nitrogens is 1. The molecular formula is C30H39N5O2. The van der Waals surface area contributed by atoms with Crippen LogP contribution in [0.4, 0.5) is 5.69 Å². The smallest absolute Gasteiger partial charge is 0.222 e. The fourth-order valence-corrected chi connectivity index (χ4v) is 5.63. The second-order valence-electron chi connectivity index (χ2n) is 10.5. The Kier molecular flexibility index (Phi) is 8.53. The molecule has 7 heteroatoms. The maximum atomic E-state index is 13.0. The molecule has 1 aromatic heterocycles. The Labute approximate surface area is 220 Å². The largest absolute Gasteiger partial charge is 0.369 e. The van der Waals surface area contributed by atoms with E-state index in [4.69, 9.17) is 4.52 Å². The van der Waals surface area contributed by atoms with Crippen LogP contribution in [0.3, 0.4) is 0 Å². The first-order chi connectivity index (χ1) is 18.1. The number of hydrogen-bond donors (Lipinski definition) is 1. The molecule has 196 valence electrons. The number of nitrogens with zero attached hydrogens (tertiary/aromatic N) is 4. The highest BCUT2D eigenvalue weighted by atomic mass is 16.5. The van der Waals surface area contributed by atoms with E-state index in [1.54, 1.807) is 0 Å². The van der Waals surface area contributed by atoms with Gasteiger partial charge < -0.3 is 19.6 Å². The van der Waals surface area contributed by atoms with Gasteiger partial charge in [-0.15, -0.1) is 0 Å². The highest BCUT2D eigenvalue weighted by Gasteiger charge is 2.29. The molecule has 0 saturated carbocycles. The van der Waals surface area contributed by atoms with Crippen LogP contribution in [0.1, 0.15) is 29.9 Å². The molecule has 37 heavy (non-hydrogen) atoms. The van der Waals surface area contributed by atoms with Gasteiger partial charge in [-0.05, 0) is 55.5 Å². The zero-order valence-corrected chi connectivity index (χ0v) is 21.9. The van der Waals surface area contributed by atoms with E-state index < -0.39 is 0 Å². The van der Waals surface area contributed by atoms with Crippen molar-refractivity contribution in [1.29, 1.82) is 0 Å². The maximum absolute atomic E-state index is 13.0. The molecule has 1 amide bonds. The Morgan fingerprint density at radius 1 is 1.03 bits per heavy atom. The monoisotopic (exact) mass is 501 g/mol. The molecule has 0 spiro atoms. The second kappa shape index (κ2) is 12.4. The lowest BCUT2D eigenvalue weighted by atomic mass is 9.81. The summed E-state index contributed by atoms with van der Waals surface area (Å²) in [5.74, 6) is 1.90. The van der Waals surface area contributed by atoms with Gasteiger partial charge in [0.05, 0.1) is 12.2 Å². The van der Waals surface area contributed by atoms with Crippen LogP contribution < -0.4 is 10.2 Å². The zero-order valence-electron chi connectivity index (χ0n) is 21.9. The van der Waals surface area contributed by atoms with Crippen molar-refractivity contribution >= 4 is 11.6 Å². The predicted molar refractivity (Wildman–Crippen MR) is 146 cm³/mol. The molecule has 2 fully saturated rings. The lowest BCUT2D eigenvalue weighted by Crippen LogP contribution is -2.45. The van der Waals surface area contributed by atoms with Crippen molar-refractivity contribution < 1.29 is 9.32 Å². The number of piperidine rings is 1. The van der Waals surface area contributed by atoms with Gasteiger partial charge in [0.1, 0.15) is 0 Å². The van der Waals surface area contributed by atoms with Crippen LogP contribution in [0.25, 0.3) is 0 Å². The SMILES string of the molecule is CN(Cc1ccccc1)C(=O)CC1CCNCC1Cc1cc(CN2CCN(c3ccccc3)CC2)on1. The molecule has 2 unspecified atom stereocenters. The van der Waals surface area contributed by atoms with Crippen LogP contribution >= 0.6 is 0 Å².